The Morgan fingerprint density at radius 3 is 2.59 bits per heavy atom. The van der Waals surface area contributed by atoms with E-state index in [9.17, 15) is 0 Å². The molecule has 1 aliphatic heterocycles. The van der Waals surface area contributed by atoms with Gasteiger partial charge in [-0.25, -0.2) is 0 Å². The van der Waals surface area contributed by atoms with E-state index in [1.807, 2.05) is 12.1 Å². The highest BCUT2D eigenvalue weighted by Crippen LogP contribution is 2.34. The van der Waals surface area contributed by atoms with E-state index in [0.717, 1.165) is 17.5 Å². The lowest BCUT2D eigenvalue weighted by atomic mass is 9.80. The van der Waals surface area contributed by atoms with Crippen molar-refractivity contribution in [1.82, 2.24) is 4.90 Å². The van der Waals surface area contributed by atoms with Crippen LogP contribution in [-0.2, 0) is 6.54 Å². The quantitative estimate of drug-likeness (QED) is 0.761. The maximum absolute atomic E-state index is 6.20. The Balaban J connectivity index is 1.97. The summed E-state index contributed by atoms with van der Waals surface area (Å²) in [5.74, 6) is 0.810. The van der Waals surface area contributed by atoms with E-state index in [0.29, 0.717) is 5.41 Å². The lowest BCUT2D eigenvalue weighted by Gasteiger charge is -2.27. The Morgan fingerprint density at radius 1 is 1.29 bits per heavy atom. The molecule has 0 N–H and O–H groups in total. The van der Waals surface area contributed by atoms with Crippen molar-refractivity contribution in [3.05, 3.63) is 34.9 Å². The van der Waals surface area contributed by atoms with Crippen molar-refractivity contribution in [2.24, 2.45) is 11.3 Å². The van der Waals surface area contributed by atoms with E-state index < -0.39 is 0 Å². The Bertz CT molecular complexity index is 381. The fourth-order valence-corrected chi connectivity index (χ4v) is 2.75. The summed E-state index contributed by atoms with van der Waals surface area (Å²) in [6, 6.07) is 8.17. The van der Waals surface area contributed by atoms with Crippen LogP contribution in [0.15, 0.2) is 24.3 Å². The minimum absolute atomic E-state index is 0.426. The van der Waals surface area contributed by atoms with Crippen molar-refractivity contribution in [2.75, 3.05) is 13.1 Å². The van der Waals surface area contributed by atoms with Crippen LogP contribution in [0.3, 0.4) is 0 Å². The number of rotatable bonds is 2. The zero-order valence-electron chi connectivity index (χ0n) is 11.0. The highest BCUT2D eigenvalue weighted by molar-refractivity contribution is 6.31. The number of hydrogen-bond acceptors (Lipinski definition) is 1. The van der Waals surface area contributed by atoms with Gasteiger partial charge in [0.15, 0.2) is 0 Å². The molecule has 1 atom stereocenters. The molecule has 0 amide bonds. The number of benzene rings is 1. The Morgan fingerprint density at radius 2 is 2.00 bits per heavy atom. The zero-order chi connectivity index (χ0) is 12.5. The van der Waals surface area contributed by atoms with Crippen LogP contribution in [-0.4, -0.2) is 18.0 Å². The summed E-state index contributed by atoms with van der Waals surface area (Å²) in [4.78, 5) is 2.52. The lowest BCUT2D eigenvalue weighted by molar-refractivity contribution is 0.226. The Labute approximate surface area is 110 Å². The number of likely N-dealkylation sites (tertiary alicyclic amines) is 1. The minimum Gasteiger partial charge on any atom is -0.299 e. The zero-order valence-corrected chi connectivity index (χ0v) is 11.8. The largest absolute Gasteiger partial charge is 0.299 e. The second-order valence-electron chi connectivity index (χ2n) is 6.18. The van der Waals surface area contributed by atoms with E-state index in [2.05, 4.69) is 37.8 Å². The van der Waals surface area contributed by atoms with Crippen molar-refractivity contribution in [2.45, 2.75) is 33.7 Å². The first kappa shape index (κ1) is 12.9. The first-order chi connectivity index (χ1) is 7.97. The normalized spacial score (nSPS) is 22.0. The van der Waals surface area contributed by atoms with Crippen LogP contribution >= 0.6 is 11.6 Å². The van der Waals surface area contributed by atoms with Crippen LogP contribution in [0.4, 0.5) is 0 Å². The third-order valence-electron chi connectivity index (χ3n) is 3.85. The van der Waals surface area contributed by atoms with E-state index in [4.69, 9.17) is 11.6 Å². The molecular formula is C15H22ClN. The van der Waals surface area contributed by atoms with Gasteiger partial charge in [-0.2, -0.15) is 0 Å². The molecule has 1 nitrogen and oxygen atoms in total. The molecule has 1 aromatic carbocycles. The summed E-state index contributed by atoms with van der Waals surface area (Å²) < 4.78 is 0. The molecule has 0 spiro atoms. The molecule has 0 bridgehead atoms. The van der Waals surface area contributed by atoms with Crippen LogP contribution in [0, 0.1) is 11.3 Å². The van der Waals surface area contributed by atoms with E-state index in [-0.39, 0.29) is 0 Å². The fourth-order valence-electron chi connectivity index (χ4n) is 2.55. The summed E-state index contributed by atoms with van der Waals surface area (Å²) in [6.07, 6.45) is 1.31. The van der Waals surface area contributed by atoms with Gasteiger partial charge in [0, 0.05) is 18.1 Å². The maximum atomic E-state index is 6.20. The van der Waals surface area contributed by atoms with Gasteiger partial charge in [0.25, 0.3) is 0 Å². The molecule has 0 aliphatic carbocycles. The van der Waals surface area contributed by atoms with Gasteiger partial charge in [-0.3, -0.25) is 4.90 Å². The molecule has 2 heteroatoms. The number of nitrogens with zero attached hydrogens (tertiary/aromatic N) is 1. The predicted molar refractivity (Wildman–Crippen MR) is 74.3 cm³/mol. The Hall–Kier alpha value is -0.530. The van der Waals surface area contributed by atoms with Gasteiger partial charge in [-0.05, 0) is 35.9 Å². The first-order valence-electron chi connectivity index (χ1n) is 6.42. The number of hydrogen-bond donors (Lipinski definition) is 0. The van der Waals surface area contributed by atoms with Crippen LogP contribution in [0.2, 0.25) is 5.02 Å². The van der Waals surface area contributed by atoms with Gasteiger partial charge < -0.3 is 0 Å². The second kappa shape index (κ2) is 4.99. The summed E-state index contributed by atoms with van der Waals surface area (Å²) in [6.45, 7) is 10.4. The third kappa shape index (κ3) is 3.23. The molecule has 0 radical (unpaired) electrons. The smallest absolute Gasteiger partial charge is 0.0451 e. The second-order valence-corrected chi connectivity index (χ2v) is 6.59. The van der Waals surface area contributed by atoms with Gasteiger partial charge in [0.05, 0.1) is 0 Å². The lowest BCUT2D eigenvalue weighted by Crippen LogP contribution is -2.25. The molecule has 1 unspecified atom stereocenters. The summed E-state index contributed by atoms with van der Waals surface area (Å²) in [7, 11) is 0. The summed E-state index contributed by atoms with van der Waals surface area (Å²) in [5.41, 5.74) is 1.68. The molecule has 1 aromatic rings. The number of halogens is 1. The molecular weight excluding hydrogens is 230 g/mol. The van der Waals surface area contributed by atoms with Gasteiger partial charge in [0.1, 0.15) is 0 Å². The van der Waals surface area contributed by atoms with Gasteiger partial charge in [0.2, 0.25) is 0 Å². The van der Waals surface area contributed by atoms with Crippen molar-refractivity contribution < 1.29 is 0 Å². The fraction of sp³-hybridized carbons (Fsp3) is 0.600. The summed E-state index contributed by atoms with van der Waals surface area (Å²) >= 11 is 6.20. The van der Waals surface area contributed by atoms with E-state index in [1.54, 1.807) is 0 Å². The molecule has 0 aromatic heterocycles. The monoisotopic (exact) mass is 251 g/mol. The molecule has 94 valence electrons. The van der Waals surface area contributed by atoms with Gasteiger partial charge in [-0.15, -0.1) is 0 Å². The molecule has 1 heterocycles. The highest BCUT2D eigenvalue weighted by atomic mass is 35.5. The molecule has 1 aliphatic rings. The molecule has 1 fully saturated rings. The van der Waals surface area contributed by atoms with Gasteiger partial charge >= 0.3 is 0 Å². The van der Waals surface area contributed by atoms with Crippen molar-refractivity contribution >= 4 is 11.6 Å². The minimum atomic E-state index is 0.426. The maximum Gasteiger partial charge on any atom is 0.0451 e. The Kier molecular flexibility index (Phi) is 3.79. The molecule has 0 saturated carbocycles. The van der Waals surface area contributed by atoms with Crippen LogP contribution in [0.5, 0.6) is 0 Å². The van der Waals surface area contributed by atoms with Crippen LogP contribution in [0.1, 0.15) is 32.8 Å². The molecule has 2 rings (SSSR count). The first-order valence-corrected chi connectivity index (χ1v) is 6.80. The average molecular weight is 252 g/mol. The van der Waals surface area contributed by atoms with Crippen molar-refractivity contribution in [3.8, 4) is 0 Å². The highest BCUT2D eigenvalue weighted by Gasteiger charge is 2.31. The molecule has 17 heavy (non-hydrogen) atoms. The molecule has 1 saturated heterocycles. The topological polar surface area (TPSA) is 3.24 Å². The third-order valence-corrected chi connectivity index (χ3v) is 4.22. The van der Waals surface area contributed by atoms with Crippen LogP contribution in [0.25, 0.3) is 0 Å². The van der Waals surface area contributed by atoms with Gasteiger partial charge in [-0.1, -0.05) is 50.6 Å². The van der Waals surface area contributed by atoms with E-state index in [1.165, 1.54) is 25.1 Å². The summed E-state index contributed by atoms with van der Waals surface area (Å²) in [5, 5.41) is 0.895. The van der Waals surface area contributed by atoms with E-state index >= 15 is 0 Å². The SMILES string of the molecule is CC(C)(C)C1CCN(Cc2ccccc2Cl)C1. The van der Waals surface area contributed by atoms with Crippen molar-refractivity contribution in [3.63, 3.8) is 0 Å². The standard InChI is InChI=1S/C15H22ClN/c1-15(2,3)13-8-9-17(11-13)10-12-6-4-5-7-14(12)16/h4-7,13H,8-11H2,1-3H3. The van der Waals surface area contributed by atoms with Crippen LogP contribution < -0.4 is 0 Å². The predicted octanol–water partition coefficient (Wildman–Crippen LogP) is 4.21. The van der Waals surface area contributed by atoms with Crippen molar-refractivity contribution in [1.29, 1.82) is 0 Å². The average Bonchev–Trinajstić information content (AvgIpc) is 2.69.